The van der Waals surface area contributed by atoms with E-state index in [1.165, 1.54) is 25.3 Å². The van der Waals surface area contributed by atoms with Gasteiger partial charge >= 0.3 is 6.09 Å². The van der Waals surface area contributed by atoms with Crippen LogP contribution in [0.2, 0.25) is 5.02 Å². The van der Waals surface area contributed by atoms with Crippen LogP contribution >= 0.6 is 11.6 Å². The Kier molecular flexibility index (Phi) is 4.94. The van der Waals surface area contributed by atoms with E-state index in [4.69, 9.17) is 16.3 Å². The molecule has 3 rings (SSSR count). The Morgan fingerprint density at radius 2 is 1.96 bits per heavy atom. The van der Waals surface area contributed by atoms with E-state index >= 15 is 0 Å². The highest BCUT2D eigenvalue weighted by atomic mass is 35.5. The van der Waals surface area contributed by atoms with Gasteiger partial charge in [0.15, 0.2) is 0 Å². The summed E-state index contributed by atoms with van der Waals surface area (Å²) in [6.07, 6.45) is -0.748. The van der Waals surface area contributed by atoms with E-state index in [-0.39, 0.29) is 34.2 Å². The zero-order valence-corrected chi connectivity index (χ0v) is 14.2. The molecule has 0 saturated heterocycles. The van der Waals surface area contributed by atoms with Crippen LogP contribution in [0.25, 0.3) is 0 Å². The number of amides is 2. The maximum atomic E-state index is 14.2. The third kappa shape index (κ3) is 3.41. The van der Waals surface area contributed by atoms with Crippen molar-refractivity contribution in [2.24, 2.45) is 0 Å². The summed E-state index contributed by atoms with van der Waals surface area (Å²) in [6.45, 7) is -0.0476. The van der Waals surface area contributed by atoms with Crippen molar-refractivity contribution in [1.29, 1.82) is 0 Å². The fraction of sp³-hybridized carbons (Fsp3) is 0.176. The molecule has 9 heteroatoms. The number of hydrogen-bond donors (Lipinski definition) is 2. The molecule has 136 valence electrons. The minimum absolute atomic E-state index is 0.0251. The number of ether oxygens (including phenoxy) is 2. The number of carbonyl (C=O) groups is 2. The molecule has 6 nitrogen and oxygen atoms in total. The van der Waals surface area contributed by atoms with Crippen molar-refractivity contribution >= 4 is 29.3 Å². The van der Waals surface area contributed by atoms with Gasteiger partial charge in [-0.3, -0.25) is 4.79 Å². The molecule has 0 fully saturated rings. The van der Waals surface area contributed by atoms with Crippen LogP contribution in [0.15, 0.2) is 30.3 Å². The molecule has 0 aliphatic carbocycles. The Labute approximate surface area is 152 Å². The second-order valence-corrected chi connectivity index (χ2v) is 5.83. The average Bonchev–Trinajstić information content (AvgIpc) is 3.02. The lowest BCUT2D eigenvalue weighted by atomic mass is 10.0. The van der Waals surface area contributed by atoms with Crippen LogP contribution in [0.1, 0.15) is 22.0 Å². The Morgan fingerprint density at radius 1 is 1.23 bits per heavy atom. The number of benzene rings is 2. The highest BCUT2D eigenvalue weighted by Crippen LogP contribution is 2.38. The number of alkyl carbamates (subject to hydrolysis) is 1. The second-order valence-electron chi connectivity index (χ2n) is 5.42. The highest BCUT2D eigenvalue weighted by Gasteiger charge is 2.33. The molecule has 26 heavy (non-hydrogen) atoms. The second kappa shape index (κ2) is 7.17. The summed E-state index contributed by atoms with van der Waals surface area (Å²) >= 11 is 5.69. The molecule has 1 heterocycles. The molecule has 2 aromatic rings. The van der Waals surface area contributed by atoms with Crippen LogP contribution < -0.4 is 15.4 Å². The van der Waals surface area contributed by atoms with Gasteiger partial charge < -0.3 is 20.1 Å². The van der Waals surface area contributed by atoms with Gasteiger partial charge in [0.2, 0.25) is 0 Å². The summed E-state index contributed by atoms with van der Waals surface area (Å²) in [6, 6.07) is 5.28. The predicted octanol–water partition coefficient (Wildman–Crippen LogP) is 3.66. The van der Waals surface area contributed by atoms with Crippen molar-refractivity contribution in [3.63, 3.8) is 0 Å². The van der Waals surface area contributed by atoms with Crippen molar-refractivity contribution in [3.05, 3.63) is 58.1 Å². The average molecular weight is 383 g/mol. The van der Waals surface area contributed by atoms with Gasteiger partial charge in [-0.15, -0.1) is 0 Å². The molecule has 2 amide bonds. The molecule has 0 aromatic heterocycles. The first-order chi connectivity index (χ1) is 12.4. The van der Waals surface area contributed by atoms with Gasteiger partial charge in [-0.2, -0.15) is 0 Å². The number of halogens is 3. The number of rotatable bonds is 3. The lowest BCUT2D eigenvalue weighted by Crippen LogP contribution is -2.29. The van der Waals surface area contributed by atoms with Crippen molar-refractivity contribution in [1.82, 2.24) is 5.32 Å². The van der Waals surface area contributed by atoms with E-state index < -0.39 is 29.7 Å². The molecule has 0 radical (unpaired) electrons. The molecule has 2 aromatic carbocycles. The number of nitrogens with one attached hydrogen (secondary N) is 2. The van der Waals surface area contributed by atoms with E-state index in [0.29, 0.717) is 0 Å². The lowest BCUT2D eigenvalue weighted by molar-refractivity contribution is 0.102. The van der Waals surface area contributed by atoms with Crippen LogP contribution in [-0.2, 0) is 4.74 Å². The number of hydrogen-bond acceptors (Lipinski definition) is 4. The third-order valence-corrected chi connectivity index (χ3v) is 4.07. The first-order valence-electron chi connectivity index (χ1n) is 7.46. The molecule has 1 atom stereocenters. The van der Waals surface area contributed by atoms with Gasteiger partial charge in [0, 0.05) is 5.69 Å². The minimum atomic E-state index is -0.787. The van der Waals surface area contributed by atoms with Gasteiger partial charge in [-0.1, -0.05) is 11.6 Å². The lowest BCUT2D eigenvalue weighted by Gasteiger charge is -2.12. The van der Waals surface area contributed by atoms with Crippen LogP contribution in [-0.4, -0.2) is 25.7 Å². The van der Waals surface area contributed by atoms with Gasteiger partial charge in [0.25, 0.3) is 5.91 Å². The van der Waals surface area contributed by atoms with Crippen molar-refractivity contribution in [3.8, 4) is 5.75 Å². The van der Waals surface area contributed by atoms with Gasteiger partial charge in [0.1, 0.15) is 24.0 Å². The first-order valence-corrected chi connectivity index (χ1v) is 7.84. The van der Waals surface area contributed by atoms with E-state index in [1.54, 1.807) is 0 Å². The molecule has 2 N–H and O–H groups in total. The minimum Gasteiger partial charge on any atom is -0.490 e. The zero-order valence-electron chi connectivity index (χ0n) is 13.4. The number of methoxy groups -OCH3 is 1. The quantitative estimate of drug-likeness (QED) is 0.849. The summed E-state index contributed by atoms with van der Waals surface area (Å²) in [5, 5.41) is 4.83. The highest BCUT2D eigenvalue weighted by molar-refractivity contribution is 6.31. The molecular weight excluding hydrogens is 370 g/mol. The molecule has 0 bridgehead atoms. The summed E-state index contributed by atoms with van der Waals surface area (Å²) < 4.78 is 37.3. The SMILES string of the molecule is COC(=O)NC1COc2c(C(=O)Nc3ccc(F)c(Cl)c3)ccc(F)c21. The van der Waals surface area contributed by atoms with Gasteiger partial charge in [-0.25, -0.2) is 13.6 Å². The van der Waals surface area contributed by atoms with Crippen molar-refractivity contribution in [2.75, 3.05) is 19.0 Å². The molecular formula is C17H13ClF2N2O4. The maximum Gasteiger partial charge on any atom is 0.407 e. The van der Waals surface area contributed by atoms with Crippen LogP contribution in [0.5, 0.6) is 5.75 Å². The zero-order chi connectivity index (χ0) is 18.8. The van der Waals surface area contributed by atoms with Crippen LogP contribution in [0.4, 0.5) is 19.3 Å². The van der Waals surface area contributed by atoms with E-state index in [0.717, 1.165) is 12.1 Å². The van der Waals surface area contributed by atoms with Crippen LogP contribution in [0.3, 0.4) is 0 Å². The Hall–Kier alpha value is -2.87. The molecule has 1 unspecified atom stereocenters. The van der Waals surface area contributed by atoms with Crippen molar-refractivity contribution < 1.29 is 27.8 Å². The van der Waals surface area contributed by atoms with Gasteiger partial charge in [0.05, 0.1) is 29.3 Å². The first kappa shape index (κ1) is 17.9. The standard InChI is InChI=1S/C17H13ClF2N2O4/c1-25-17(24)22-13-7-26-15-9(3-5-12(20)14(13)15)16(23)21-8-2-4-11(19)10(18)6-8/h2-6,13H,7H2,1H3,(H,21,23)(H,22,24). The topological polar surface area (TPSA) is 76.7 Å². The molecule has 0 spiro atoms. The number of anilines is 1. The fourth-order valence-corrected chi connectivity index (χ4v) is 2.75. The Balaban J connectivity index is 1.88. The Bertz CT molecular complexity index is 891. The summed E-state index contributed by atoms with van der Waals surface area (Å²) in [7, 11) is 1.18. The molecule has 0 saturated carbocycles. The predicted molar refractivity (Wildman–Crippen MR) is 89.5 cm³/mol. The molecule has 1 aliphatic heterocycles. The maximum absolute atomic E-state index is 14.2. The van der Waals surface area contributed by atoms with E-state index in [2.05, 4.69) is 15.4 Å². The van der Waals surface area contributed by atoms with Crippen molar-refractivity contribution in [2.45, 2.75) is 6.04 Å². The summed E-state index contributed by atoms with van der Waals surface area (Å²) in [5.41, 5.74) is 0.387. The van der Waals surface area contributed by atoms with E-state index in [9.17, 15) is 18.4 Å². The monoisotopic (exact) mass is 382 g/mol. The normalized spacial score (nSPS) is 15.0. The fourth-order valence-electron chi connectivity index (χ4n) is 2.57. The van der Waals surface area contributed by atoms with E-state index in [1.807, 2.05) is 0 Å². The van der Waals surface area contributed by atoms with Crippen LogP contribution in [0, 0.1) is 11.6 Å². The van der Waals surface area contributed by atoms with Gasteiger partial charge in [-0.05, 0) is 30.3 Å². The molecule has 1 aliphatic rings. The Morgan fingerprint density at radius 3 is 2.65 bits per heavy atom. The third-order valence-electron chi connectivity index (χ3n) is 3.79. The summed E-state index contributed by atoms with van der Waals surface area (Å²) in [4.78, 5) is 23.9. The largest absolute Gasteiger partial charge is 0.490 e. The summed E-state index contributed by atoms with van der Waals surface area (Å²) in [5.74, 6) is -1.81. The number of fused-ring (bicyclic) bond motifs is 1. The number of carbonyl (C=O) groups excluding carboxylic acids is 2. The smallest absolute Gasteiger partial charge is 0.407 e.